The zero-order chi connectivity index (χ0) is 15.9. The summed E-state index contributed by atoms with van der Waals surface area (Å²) in [5.74, 6) is -0.248. The summed E-state index contributed by atoms with van der Waals surface area (Å²) >= 11 is 1.67. The predicted molar refractivity (Wildman–Crippen MR) is 97.5 cm³/mol. The van der Waals surface area contributed by atoms with Gasteiger partial charge in [0.25, 0.3) is 0 Å². The van der Waals surface area contributed by atoms with Crippen LogP contribution in [0.5, 0.6) is 0 Å². The lowest BCUT2D eigenvalue weighted by Crippen LogP contribution is -2.34. The maximum Gasteiger partial charge on any atom is 0.227 e. The van der Waals surface area contributed by atoms with Crippen LogP contribution in [0, 0.1) is 5.92 Å². The fraction of sp³-hybridized carbons (Fsp3) is 0.500. The highest BCUT2D eigenvalue weighted by Crippen LogP contribution is 2.27. The van der Waals surface area contributed by atoms with Crippen LogP contribution in [0.15, 0.2) is 29.2 Å². The number of carbonyl (C=O) groups is 2. The molecule has 1 aromatic rings. The van der Waals surface area contributed by atoms with Crippen molar-refractivity contribution in [3.63, 3.8) is 0 Å². The summed E-state index contributed by atoms with van der Waals surface area (Å²) in [4.78, 5) is 27.1. The standard InChI is InChI=1S/C16H23N3O2S.ClH/c1-17-8-3-9-18-16(21)12-10-15(20)19(11-12)13-4-6-14(22-2)7-5-13;/h4-7,12,17H,3,8-11H2,1-2H3,(H,18,21);1H. The number of halogens is 1. The lowest BCUT2D eigenvalue weighted by molar-refractivity contribution is -0.126. The van der Waals surface area contributed by atoms with Gasteiger partial charge < -0.3 is 15.5 Å². The van der Waals surface area contributed by atoms with Crippen molar-refractivity contribution in [2.45, 2.75) is 17.7 Å². The summed E-state index contributed by atoms with van der Waals surface area (Å²) in [5, 5.41) is 5.95. The SMILES string of the molecule is CNCCCNC(=O)C1CC(=O)N(c2ccc(SC)cc2)C1.Cl. The van der Waals surface area contributed by atoms with Gasteiger partial charge in [-0.1, -0.05) is 0 Å². The average molecular weight is 358 g/mol. The molecule has 1 heterocycles. The Kier molecular flexibility index (Phi) is 8.44. The number of nitrogens with zero attached hydrogens (tertiary/aromatic N) is 1. The molecule has 0 aliphatic carbocycles. The number of anilines is 1. The molecule has 7 heteroatoms. The van der Waals surface area contributed by atoms with Gasteiger partial charge in [0.1, 0.15) is 0 Å². The Labute approximate surface area is 148 Å². The van der Waals surface area contributed by atoms with Crippen molar-refractivity contribution in [2.24, 2.45) is 5.92 Å². The van der Waals surface area contributed by atoms with E-state index < -0.39 is 0 Å². The van der Waals surface area contributed by atoms with Gasteiger partial charge >= 0.3 is 0 Å². The van der Waals surface area contributed by atoms with Gasteiger partial charge in [0.15, 0.2) is 0 Å². The van der Waals surface area contributed by atoms with E-state index in [2.05, 4.69) is 10.6 Å². The van der Waals surface area contributed by atoms with E-state index in [4.69, 9.17) is 0 Å². The second-order valence-corrected chi connectivity index (χ2v) is 6.23. The van der Waals surface area contributed by atoms with E-state index in [0.717, 1.165) is 23.5 Å². The van der Waals surface area contributed by atoms with Crippen LogP contribution in [-0.2, 0) is 9.59 Å². The number of hydrogen-bond acceptors (Lipinski definition) is 4. The van der Waals surface area contributed by atoms with E-state index in [1.165, 1.54) is 0 Å². The fourth-order valence-corrected chi connectivity index (χ4v) is 2.92. The van der Waals surface area contributed by atoms with Crippen LogP contribution >= 0.6 is 24.2 Å². The normalized spacial score (nSPS) is 17.0. The molecule has 0 bridgehead atoms. The molecule has 2 amide bonds. The van der Waals surface area contributed by atoms with Crippen molar-refractivity contribution in [3.8, 4) is 0 Å². The van der Waals surface area contributed by atoms with Crippen LogP contribution < -0.4 is 15.5 Å². The summed E-state index contributed by atoms with van der Waals surface area (Å²) in [6, 6.07) is 7.88. The molecule has 1 saturated heterocycles. The molecular weight excluding hydrogens is 334 g/mol. The van der Waals surface area contributed by atoms with E-state index in [0.29, 0.717) is 19.5 Å². The number of thioether (sulfide) groups is 1. The highest BCUT2D eigenvalue weighted by atomic mass is 35.5. The van der Waals surface area contributed by atoms with Crippen molar-refractivity contribution < 1.29 is 9.59 Å². The third-order valence-corrected chi connectivity index (χ3v) is 4.53. The molecule has 1 aromatic carbocycles. The average Bonchev–Trinajstić information content (AvgIpc) is 2.93. The maximum absolute atomic E-state index is 12.2. The molecular formula is C16H24ClN3O2S. The molecule has 1 atom stereocenters. The van der Waals surface area contributed by atoms with E-state index in [9.17, 15) is 9.59 Å². The minimum atomic E-state index is -0.248. The molecule has 0 radical (unpaired) electrons. The highest BCUT2D eigenvalue weighted by Gasteiger charge is 2.34. The van der Waals surface area contributed by atoms with Crippen LogP contribution in [0.1, 0.15) is 12.8 Å². The quantitative estimate of drug-likeness (QED) is 0.578. The van der Waals surface area contributed by atoms with Crippen LogP contribution in [0.25, 0.3) is 0 Å². The van der Waals surface area contributed by atoms with Crippen molar-refractivity contribution in [1.82, 2.24) is 10.6 Å². The van der Waals surface area contributed by atoms with Gasteiger partial charge in [-0.2, -0.15) is 0 Å². The number of carbonyl (C=O) groups excluding carboxylic acids is 2. The molecule has 0 aromatic heterocycles. The van der Waals surface area contributed by atoms with E-state index >= 15 is 0 Å². The van der Waals surface area contributed by atoms with Gasteiger partial charge in [0.2, 0.25) is 11.8 Å². The minimum absolute atomic E-state index is 0. The molecule has 0 saturated carbocycles. The van der Waals surface area contributed by atoms with E-state index in [1.54, 1.807) is 16.7 Å². The van der Waals surface area contributed by atoms with Gasteiger partial charge in [-0.15, -0.1) is 24.2 Å². The zero-order valence-corrected chi connectivity index (χ0v) is 15.1. The van der Waals surface area contributed by atoms with Crippen LogP contribution in [0.3, 0.4) is 0 Å². The number of amides is 2. The molecule has 1 fully saturated rings. The molecule has 1 aliphatic heterocycles. The first-order valence-electron chi connectivity index (χ1n) is 7.52. The van der Waals surface area contributed by atoms with Crippen molar-refractivity contribution in [2.75, 3.05) is 37.8 Å². The molecule has 5 nitrogen and oxygen atoms in total. The third-order valence-electron chi connectivity index (χ3n) is 3.78. The Morgan fingerprint density at radius 2 is 2.00 bits per heavy atom. The van der Waals surface area contributed by atoms with Crippen molar-refractivity contribution in [1.29, 1.82) is 0 Å². The Balaban J connectivity index is 0.00000264. The first-order valence-corrected chi connectivity index (χ1v) is 8.75. The predicted octanol–water partition coefficient (Wildman–Crippen LogP) is 1.91. The fourth-order valence-electron chi connectivity index (χ4n) is 2.52. The summed E-state index contributed by atoms with van der Waals surface area (Å²) in [6.07, 6.45) is 3.20. The maximum atomic E-state index is 12.2. The zero-order valence-electron chi connectivity index (χ0n) is 13.5. The van der Waals surface area contributed by atoms with Crippen LogP contribution in [0.4, 0.5) is 5.69 Å². The Bertz CT molecular complexity index is 525. The molecule has 2 rings (SSSR count). The topological polar surface area (TPSA) is 61.4 Å². The van der Waals surface area contributed by atoms with Gasteiger partial charge in [0, 0.05) is 30.1 Å². The monoisotopic (exact) mass is 357 g/mol. The lowest BCUT2D eigenvalue weighted by atomic mass is 10.1. The first-order chi connectivity index (χ1) is 10.7. The molecule has 23 heavy (non-hydrogen) atoms. The van der Waals surface area contributed by atoms with Crippen molar-refractivity contribution in [3.05, 3.63) is 24.3 Å². The van der Waals surface area contributed by atoms with Gasteiger partial charge in [-0.25, -0.2) is 0 Å². The first kappa shape index (κ1) is 19.8. The third kappa shape index (κ3) is 5.41. The second-order valence-electron chi connectivity index (χ2n) is 5.35. The minimum Gasteiger partial charge on any atom is -0.356 e. The molecule has 1 unspecified atom stereocenters. The van der Waals surface area contributed by atoms with Gasteiger partial charge in [-0.05, 0) is 50.5 Å². The second kappa shape index (κ2) is 9.80. The van der Waals surface area contributed by atoms with Crippen LogP contribution in [-0.4, -0.2) is 44.8 Å². The summed E-state index contributed by atoms with van der Waals surface area (Å²) in [6.45, 7) is 1.99. The van der Waals surface area contributed by atoms with Crippen LogP contribution in [0.2, 0.25) is 0 Å². The lowest BCUT2D eigenvalue weighted by Gasteiger charge is -2.17. The summed E-state index contributed by atoms with van der Waals surface area (Å²) in [7, 11) is 1.89. The highest BCUT2D eigenvalue weighted by molar-refractivity contribution is 7.98. The number of rotatable bonds is 7. The van der Waals surface area contributed by atoms with E-state index in [1.807, 2.05) is 37.6 Å². The Morgan fingerprint density at radius 1 is 1.30 bits per heavy atom. The number of benzene rings is 1. The number of nitrogens with one attached hydrogen (secondary N) is 2. The molecule has 0 spiro atoms. The number of hydrogen-bond donors (Lipinski definition) is 2. The molecule has 1 aliphatic rings. The molecule has 128 valence electrons. The molecule has 2 N–H and O–H groups in total. The summed E-state index contributed by atoms with van der Waals surface area (Å²) < 4.78 is 0. The smallest absolute Gasteiger partial charge is 0.227 e. The van der Waals surface area contributed by atoms with E-state index in [-0.39, 0.29) is 30.1 Å². The van der Waals surface area contributed by atoms with Crippen molar-refractivity contribution >= 4 is 41.7 Å². The van der Waals surface area contributed by atoms with Gasteiger partial charge in [0.05, 0.1) is 5.92 Å². The van der Waals surface area contributed by atoms with Gasteiger partial charge in [-0.3, -0.25) is 9.59 Å². The Hall–Kier alpha value is -1.24. The summed E-state index contributed by atoms with van der Waals surface area (Å²) in [5.41, 5.74) is 0.869. The Morgan fingerprint density at radius 3 is 2.61 bits per heavy atom. The largest absolute Gasteiger partial charge is 0.356 e.